The zero-order valence-corrected chi connectivity index (χ0v) is 15.3. The molecule has 2 saturated heterocycles. The average molecular weight is 417 g/mol. The summed E-state index contributed by atoms with van der Waals surface area (Å²) >= 11 is 0. The van der Waals surface area contributed by atoms with E-state index < -0.39 is 72.2 Å². The van der Waals surface area contributed by atoms with Gasteiger partial charge >= 0.3 is 11.7 Å². The lowest BCUT2D eigenvalue weighted by Gasteiger charge is -2.42. The molecule has 0 aromatic carbocycles. The fourth-order valence-corrected chi connectivity index (χ4v) is 3.60. The molecule has 13 nitrogen and oxygen atoms in total. The van der Waals surface area contributed by atoms with Crippen molar-refractivity contribution in [2.75, 3.05) is 0 Å². The molecular formula is C16H23N3O10. The quantitative estimate of drug-likeness (QED) is 0.249. The SMILES string of the molecule is Cc1cn([C@H]2CC(N)[C@@H](C(O)C3O[C@H](C(=O)O)[C@@H](O)[C@H](O)[C@H]3O)O2)c(=O)[nH]c1=O. The van der Waals surface area contributed by atoms with Gasteiger partial charge in [-0.25, -0.2) is 9.59 Å². The lowest BCUT2D eigenvalue weighted by Crippen LogP contribution is -2.64. The molecule has 0 saturated carbocycles. The Kier molecular flexibility index (Phi) is 5.91. The van der Waals surface area contributed by atoms with Crippen molar-refractivity contribution in [3.8, 4) is 0 Å². The number of aromatic nitrogens is 2. The largest absolute Gasteiger partial charge is 0.479 e. The number of aromatic amines is 1. The van der Waals surface area contributed by atoms with Crippen molar-refractivity contribution in [3.63, 3.8) is 0 Å². The molecule has 13 heteroatoms. The van der Waals surface area contributed by atoms with E-state index >= 15 is 0 Å². The zero-order valence-electron chi connectivity index (χ0n) is 15.3. The highest BCUT2D eigenvalue weighted by Gasteiger charge is 2.52. The smallest absolute Gasteiger partial charge is 0.335 e. The Hall–Kier alpha value is -2.13. The fourth-order valence-electron chi connectivity index (χ4n) is 3.60. The van der Waals surface area contributed by atoms with Crippen LogP contribution in [0.3, 0.4) is 0 Å². The molecule has 0 aliphatic carbocycles. The molecule has 162 valence electrons. The van der Waals surface area contributed by atoms with Gasteiger partial charge in [-0.1, -0.05) is 0 Å². The van der Waals surface area contributed by atoms with E-state index in [9.17, 15) is 34.8 Å². The second-order valence-corrected chi connectivity index (χ2v) is 7.26. The average Bonchev–Trinajstić information content (AvgIpc) is 3.03. The first-order valence-electron chi connectivity index (χ1n) is 8.86. The van der Waals surface area contributed by atoms with Gasteiger partial charge in [0, 0.05) is 24.2 Å². The number of carbonyl (C=O) groups is 1. The van der Waals surface area contributed by atoms with Gasteiger partial charge in [-0.2, -0.15) is 0 Å². The van der Waals surface area contributed by atoms with E-state index in [1.165, 1.54) is 13.1 Å². The number of carboxylic acids is 1. The van der Waals surface area contributed by atoms with E-state index in [1.807, 2.05) is 0 Å². The fraction of sp³-hybridized carbons (Fsp3) is 0.688. The summed E-state index contributed by atoms with van der Waals surface area (Å²) in [6, 6.07) is -0.850. The third-order valence-corrected chi connectivity index (χ3v) is 5.23. The van der Waals surface area contributed by atoms with Gasteiger partial charge in [0.25, 0.3) is 5.56 Å². The van der Waals surface area contributed by atoms with E-state index in [0.29, 0.717) is 0 Å². The summed E-state index contributed by atoms with van der Waals surface area (Å²) in [6.45, 7) is 1.49. The van der Waals surface area contributed by atoms with E-state index in [2.05, 4.69) is 4.98 Å². The summed E-state index contributed by atoms with van der Waals surface area (Å²) < 4.78 is 11.8. The minimum Gasteiger partial charge on any atom is -0.479 e. The summed E-state index contributed by atoms with van der Waals surface area (Å²) in [5, 5.41) is 49.5. The predicted octanol–water partition coefficient (Wildman–Crippen LogP) is -4.24. The van der Waals surface area contributed by atoms with Crippen LogP contribution in [0.15, 0.2) is 15.8 Å². The summed E-state index contributed by atoms with van der Waals surface area (Å²) in [5.74, 6) is -1.59. The van der Waals surface area contributed by atoms with Crippen molar-refractivity contribution in [2.45, 2.75) is 68.3 Å². The molecule has 0 bridgehead atoms. The van der Waals surface area contributed by atoms with Crippen molar-refractivity contribution < 1.29 is 39.8 Å². The van der Waals surface area contributed by atoms with Crippen LogP contribution in [-0.2, 0) is 14.3 Å². The highest BCUT2D eigenvalue weighted by molar-refractivity contribution is 5.73. The van der Waals surface area contributed by atoms with Gasteiger partial charge < -0.3 is 40.7 Å². The van der Waals surface area contributed by atoms with Crippen LogP contribution in [0, 0.1) is 6.92 Å². The van der Waals surface area contributed by atoms with Crippen molar-refractivity contribution in [1.82, 2.24) is 9.55 Å². The van der Waals surface area contributed by atoms with Gasteiger partial charge in [0.1, 0.15) is 42.9 Å². The van der Waals surface area contributed by atoms with Crippen LogP contribution in [0.5, 0.6) is 0 Å². The molecule has 0 spiro atoms. The molecule has 2 aliphatic rings. The topological polar surface area (TPSA) is 218 Å². The number of carboxylic acid groups (broad SMARTS) is 1. The predicted molar refractivity (Wildman–Crippen MR) is 92.9 cm³/mol. The molecule has 2 fully saturated rings. The lowest BCUT2D eigenvalue weighted by atomic mass is 9.89. The van der Waals surface area contributed by atoms with Crippen molar-refractivity contribution in [3.05, 3.63) is 32.6 Å². The van der Waals surface area contributed by atoms with Gasteiger partial charge in [0.2, 0.25) is 0 Å². The van der Waals surface area contributed by atoms with Crippen LogP contribution >= 0.6 is 0 Å². The van der Waals surface area contributed by atoms with Crippen molar-refractivity contribution in [1.29, 1.82) is 0 Å². The van der Waals surface area contributed by atoms with Gasteiger partial charge in [0.15, 0.2) is 6.10 Å². The minimum absolute atomic E-state index is 0.0590. The summed E-state index contributed by atoms with van der Waals surface area (Å²) in [5.41, 5.74) is 4.94. The number of nitrogens with two attached hydrogens (primary N) is 1. The first-order valence-corrected chi connectivity index (χ1v) is 8.86. The number of aryl methyl sites for hydroxylation is 1. The molecule has 8 N–H and O–H groups in total. The highest BCUT2D eigenvalue weighted by atomic mass is 16.6. The Balaban J connectivity index is 1.82. The molecular weight excluding hydrogens is 394 g/mol. The normalized spacial score (nSPS) is 38.7. The molecule has 3 unspecified atom stereocenters. The van der Waals surface area contributed by atoms with Crippen LogP contribution in [-0.4, -0.2) is 89.8 Å². The molecule has 0 radical (unpaired) electrons. The monoisotopic (exact) mass is 417 g/mol. The van der Waals surface area contributed by atoms with E-state index in [1.54, 1.807) is 0 Å². The second-order valence-electron chi connectivity index (χ2n) is 7.26. The maximum absolute atomic E-state index is 12.0. The van der Waals surface area contributed by atoms with E-state index in [-0.39, 0.29) is 12.0 Å². The van der Waals surface area contributed by atoms with Crippen molar-refractivity contribution in [2.24, 2.45) is 5.73 Å². The van der Waals surface area contributed by atoms with Gasteiger partial charge in [-0.15, -0.1) is 0 Å². The van der Waals surface area contributed by atoms with Crippen molar-refractivity contribution >= 4 is 5.97 Å². The summed E-state index contributed by atoms with van der Waals surface area (Å²) in [4.78, 5) is 36.9. The second kappa shape index (κ2) is 7.95. The Bertz CT molecular complexity index is 884. The first-order chi connectivity index (χ1) is 13.5. The Morgan fingerprint density at radius 3 is 2.48 bits per heavy atom. The Labute approximate surface area is 162 Å². The molecule has 3 rings (SSSR count). The van der Waals surface area contributed by atoms with Crippen LogP contribution in [0.25, 0.3) is 0 Å². The third kappa shape index (κ3) is 3.85. The van der Waals surface area contributed by atoms with Crippen LogP contribution < -0.4 is 17.0 Å². The standard InChI is InChI=1S/C16H23N3O10/c1-4-3-19(16(27)18-14(4)24)6-2-5(17)11(28-6)10(23)12-8(21)7(20)9(22)13(29-12)15(25)26/h3,5-13,20-23H,2,17H2,1H3,(H,25,26)(H,18,24,27)/t5?,6-,7-,8-,9+,10?,11+,12?,13+/m1/s1. The maximum Gasteiger partial charge on any atom is 0.335 e. The maximum atomic E-state index is 12.0. The zero-order chi connectivity index (χ0) is 21.6. The number of hydrogen-bond acceptors (Lipinski definition) is 10. The Morgan fingerprint density at radius 1 is 1.21 bits per heavy atom. The number of rotatable bonds is 4. The minimum atomic E-state index is -1.90. The molecule has 29 heavy (non-hydrogen) atoms. The number of aliphatic hydroxyl groups is 4. The highest BCUT2D eigenvalue weighted by Crippen LogP contribution is 2.33. The lowest BCUT2D eigenvalue weighted by molar-refractivity contribution is -0.255. The summed E-state index contributed by atoms with van der Waals surface area (Å²) in [7, 11) is 0. The number of nitrogens with one attached hydrogen (secondary N) is 1. The van der Waals surface area contributed by atoms with Crippen LogP contribution in [0.1, 0.15) is 18.2 Å². The van der Waals surface area contributed by atoms with E-state index in [0.717, 1.165) is 4.57 Å². The molecule has 2 aliphatic heterocycles. The number of nitrogens with zero attached hydrogens (tertiary/aromatic N) is 1. The van der Waals surface area contributed by atoms with Crippen LogP contribution in [0.2, 0.25) is 0 Å². The summed E-state index contributed by atoms with van der Waals surface area (Å²) in [6.07, 6.45) is -11.6. The van der Waals surface area contributed by atoms with Gasteiger partial charge in [-0.3, -0.25) is 14.3 Å². The number of ether oxygens (including phenoxy) is 2. The van der Waals surface area contributed by atoms with Gasteiger partial charge in [-0.05, 0) is 6.92 Å². The molecule has 0 amide bonds. The molecule has 9 atom stereocenters. The number of H-pyrrole nitrogens is 1. The first kappa shape index (κ1) is 21.6. The number of aliphatic carboxylic acids is 1. The molecule has 3 heterocycles. The van der Waals surface area contributed by atoms with Crippen LogP contribution in [0.4, 0.5) is 0 Å². The van der Waals surface area contributed by atoms with Gasteiger partial charge in [0.05, 0.1) is 0 Å². The molecule has 1 aromatic rings. The third-order valence-electron chi connectivity index (χ3n) is 5.23. The molecule has 1 aromatic heterocycles. The van der Waals surface area contributed by atoms with E-state index in [4.69, 9.17) is 20.3 Å². The Morgan fingerprint density at radius 2 is 1.86 bits per heavy atom. The number of aliphatic hydroxyl groups excluding tert-OH is 4. The number of hydrogen-bond donors (Lipinski definition) is 7.